The normalized spacial score (nSPS) is 15.1. The van der Waals surface area contributed by atoms with Crippen molar-refractivity contribution >= 4 is 44.3 Å². The van der Waals surface area contributed by atoms with E-state index in [0.717, 1.165) is 48.1 Å². The van der Waals surface area contributed by atoms with E-state index in [1.165, 1.54) is 22.5 Å². The van der Waals surface area contributed by atoms with Crippen LogP contribution in [0.2, 0.25) is 5.02 Å². The molecule has 1 saturated heterocycles. The van der Waals surface area contributed by atoms with Gasteiger partial charge in [0.05, 0.1) is 16.1 Å². The van der Waals surface area contributed by atoms with E-state index in [2.05, 4.69) is 15.3 Å². The van der Waals surface area contributed by atoms with Gasteiger partial charge in [-0.05, 0) is 67.4 Å². The largest absolute Gasteiger partial charge is 0.338 e. The number of H-pyrrole nitrogens is 1. The molecule has 180 valence electrons. The van der Waals surface area contributed by atoms with Crippen molar-refractivity contribution in [1.82, 2.24) is 14.3 Å². The van der Waals surface area contributed by atoms with E-state index in [9.17, 15) is 13.2 Å². The number of hydrogen-bond acceptors (Lipinski definition) is 4. The molecule has 0 atom stereocenters. The van der Waals surface area contributed by atoms with Crippen LogP contribution in [0.5, 0.6) is 0 Å². The molecule has 2 heterocycles. The van der Waals surface area contributed by atoms with Crippen molar-refractivity contribution in [1.29, 1.82) is 0 Å². The number of amides is 1. The lowest BCUT2D eigenvalue weighted by Gasteiger charge is -2.21. The van der Waals surface area contributed by atoms with Crippen LogP contribution in [0.25, 0.3) is 22.4 Å². The number of sulfonamides is 1. The zero-order valence-electron chi connectivity index (χ0n) is 19.0. The van der Waals surface area contributed by atoms with Crippen molar-refractivity contribution in [3.63, 3.8) is 0 Å². The first-order valence-electron chi connectivity index (χ1n) is 11.6. The van der Waals surface area contributed by atoms with Crippen LogP contribution in [0.4, 0.5) is 5.69 Å². The fraction of sp³-hybridized carbons (Fsp3) is 0.231. The number of carbonyl (C=O) groups is 1. The number of aromatic amines is 1. The molecule has 0 aliphatic carbocycles. The number of anilines is 1. The summed E-state index contributed by atoms with van der Waals surface area (Å²) in [4.78, 5) is 20.8. The van der Waals surface area contributed by atoms with Gasteiger partial charge in [0.25, 0.3) is 5.91 Å². The van der Waals surface area contributed by atoms with Gasteiger partial charge in [-0.15, -0.1) is 0 Å². The van der Waals surface area contributed by atoms with E-state index < -0.39 is 15.9 Å². The Morgan fingerprint density at radius 3 is 2.37 bits per heavy atom. The summed E-state index contributed by atoms with van der Waals surface area (Å²) in [5.41, 5.74) is 3.53. The molecular formula is C26H25ClN4O3S. The third-order valence-electron chi connectivity index (χ3n) is 6.18. The SMILES string of the molecule is O=C(Nc1ccc(-c2nc3ccccc3[nH]2)cc1)c1ccc(Cl)c(S(=O)(=O)N2CCCCCC2)c1. The second-order valence-corrected chi connectivity index (χ2v) is 10.9. The van der Waals surface area contributed by atoms with Gasteiger partial charge in [0.1, 0.15) is 10.7 Å². The van der Waals surface area contributed by atoms with Crippen LogP contribution in [0.3, 0.4) is 0 Å². The number of para-hydroxylation sites is 2. The monoisotopic (exact) mass is 508 g/mol. The molecule has 9 heteroatoms. The van der Waals surface area contributed by atoms with E-state index in [4.69, 9.17) is 11.6 Å². The molecule has 0 unspecified atom stereocenters. The van der Waals surface area contributed by atoms with Crippen molar-refractivity contribution < 1.29 is 13.2 Å². The third-order valence-corrected chi connectivity index (χ3v) is 8.56. The van der Waals surface area contributed by atoms with Gasteiger partial charge in [0.2, 0.25) is 10.0 Å². The highest BCUT2D eigenvalue weighted by molar-refractivity contribution is 7.89. The Morgan fingerprint density at radius 2 is 1.66 bits per heavy atom. The molecule has 1 amide bonds. The Hall–Kier alpha value is -3.20. The van der Waals surface area contributed by atoms with Crippen molar-refractivity contribution in [3.05, 3.63) is 77.3 Å². The number of carbonyl (C=O) groups excluding carboxylic acids is 1. The first-order valence-corrected chi connectivity index (χ1v) is 13.4. The summed E-state index contributed by atoms with van der Waals surface area (Å²) < 4.78 is 27.9. The molecule has 1 aliphatic rings. The average Bonchev–Trinajstić information content (AvgIpc) is 3.09. The quantitative estimate of drug-likeness (QED) is 0.361. The summed E-state index contributed by atoms with van der Waals surface area (Å²) in [6, 6.07) is 19.4. The fourth-order valence-corrected chi connectivity index (χ4v) is 6.29. The smallest absolute Gasteiger partial charge is 0.255 e. The minimum absolute atomic E-state index is 0.0334. The van der Waals surface area contributed by atoms with E-state index in [-0.39, 0.29) is 15.5 Å². The highest BCUT2D eigenvalue weighted by Gasteiger charge is 2.28. The molecule has 0 saturated carbocycles. The topological polar surface area (TPSA) is 95.2 Å². The molecule has 1 fully saturated rings. The second-order valence-electron chi connectivity index (χ2n) is 8.60. The Labute approximate surface area is 209 Å². The summed E-state index contributed by atoms with van der Waals surface area (Å²) in [5, 5.41) is 2.94. The van der Waals surface area contributed by atoms with E-state index in [0.29, 0.717) is 18.8 Å². The molecule has 0 spiro atoms. The molecular weight excluding hydrogens is 484 g/mol. The zero-order chi connectivity index (χ0) is 24.4. The molecule has 4 aromatic rings. The summed E-state index contributed by atoms with van der Waals surface area (Å²) in [6.07, 6.45) is 3.66. The first-order chi connectivity index (χ1) is 16.9. The minimum Gasteiger partial charge on any atom is -0.338 e. The molecule has 35 heavy (non-hydrogen) atoms. The second kappa shape index (κ2) is 9.81. The van der Waals surface area contributed by atoms with Gasteiger partial charge >= 0.3 is 0 Å². The summed E-state index contributed by atoms with van der Waals surface area (Å²) in [7, 11) is -3.78. The minimum atomic E-state index is -3.78. The Balaban J connectivity index is 1.34. The molecule has 7 nitrogen and oxygen atoms in total. The van der Waals surface area contributed by atoms with Crippen molar-refractivity contribution in [2.45, 2.75) is 30.6 Å². The number of nitrogens with one attached hydrogen (secondary N) is 2. The zero-order valence-corrected chi connectivity index (χ0v) is 20.6. The summed E-state index contributed by atoms with van der Waals surface area (Å²) in [6.45, 7) is 0.930. The Morgan fingerprint density at radius 1 is 0.943 bits per heavy atom. The third kappa shape index (κ3) is 4.96. The summed E-state index contributed by atoms with van der Waals surface area (Å²) in [5.74, 6) is 0.329. The van der Waals surface area contributed by atoms with Crippen LogP contribution in [0, 0.1) is 0 Å². The molecule has 1 aromatic heterocycles. The van der Waals surface area contributed by atoms with E-state index >= 15 is 0 Å². The highest BCUT2D eigenvalue weighted by atomic mass is 35.5. The van der Waals surface area contributed by atoms with Gasteiger partial charge in [-0.2, -0.15) is 4.31 Å². The maximum Gasteiger partial charge on any atom is 0.255 e. The van der Waals surface area contributed by atoms with Gasteiger partial charge in [0, 0.05) is 29.9 Å². The molecule has 1 aliphatic heterocycles. The van der Waals surface area contributed by atoms with Crippen LogP contribution in [0.15, 0.2) is 71.6 Å². The van der Waals surface area contributed by atoms with Crippen molar-refractivity contribution in [2.24, 2.45) is 0 Å². The van der Waals surface area contributed by atoms with Crippen LogP contribution in [-0.2, 0) is 10.0 Å². The molecule has 0 radical (unpaired) electrons. The van der Waals surface area contributed by atoms with Crippen LogP contribution >= 0.6 is 11.6 Å². The van der Waals surface area contributed by atoms with Crippen LogP contribution in [-0.4, -0.2) is 41.7 Å². The number of benzene rings is 3. The standard InChI is InChI=1S/C26H25ClN4O3S/c27-21-14-11-19(17-24(21)35(33,34)31-15-5-1-2-6-16-31)26(32)28-20-12-9-18(10-13-20)25-29-22-7-3-4-8-23(22)30-25/h3-4,7-14,17H,1-2,5-6,15-16H2,(H,28,32)(H,29,30). The molecule has 5 rings (SSSR count). The van der Waals surface area contributed by atoms with Crippen LogP contribution in [0.1, 0.15) is 36.0 Å². The maximum atomic E-state index is 13.2. The maximum absolute atomic E-state index is 13.2. The fourth-order valence-electron chi connectivity index (χ4n) is 4.27. The lowest BCUT2D eigenvalue weighted by Crippen LogP contribution is -2.32. The number of imidazole rings is 1. The average molecular weight is 509 g/mol. The lowest BCUT2D eigenvalue weighted by molar-refractivity contribution is 0.102. The summed E-state index contributed by atoms with van der Waals surface area (Å²) >= 11 is 6.26. The molecule has 0 bridgehead atoms. The van der Waals surface area contributed by atoms with E-state index in [1.54, 1.807) is 12.1 Å². The van der Waals surface area contributed by atoms with Gasteiger partial charge < -0.3 is 10.3 Å². The number of aromatic nitrogens is 2. The predicted octanol–water partition coefficient (Wildman–Crippen LogP) is 5.70. The van der Waals surface area contributed by atoms with Crippen molar-refractivity contribution in [3.8, 4) is 11.4 Å². The Bertz CT molecular complexity index is 1440. The Kier molecular flexibility index (Phi) is 6.60. The number of rotatable bonds is 5. The van der Waals surface area contributed by atoms with Gasteiger partial charge in [-0.1, -0.05) is 36.6 Å². The van der Waals surface area contributed by atoms with Gasteiger partial charge in [-0.3, -0.25) is 4.79 Å². The first kappa shape index (κ1) is 23.5. The van der Waals surface area contributed by atoms with Crippen LogP contribution < -0.4 is 5.32 Å². The van der Waals surface area contributed by atoms with E-state index in [1.807, 2.05) is 36.4 Å². The lowest BCUT2D eigenvalue weighted by atomic mass is 10.1. The number of hydrogen-bond donors (Lipinski definition) is 2. The highest BCUT2D eigenvalue weighted by Crippen LogP contribution is 2.28. The number of nitrogens with zero attached hydrogens (tertiary/aromatic N) is 2. The predicted molar refractivity (Wildman–Crippen MR) is 138 cm³/mol. The molecule has 2 N–H and O–H groups in total. The molecule has 3 aromatic carbocycles. The number of fused-ring (bicyclic) bond motifs is 1. The van der Waals surface area contributed by atoms with Gasteiger partial charge in [0.15, 0.2) is 0 Å². The number of halogens is 1. The van der Waals surface area contributed by atoms with Gasteiger partial charge in [-0.25, -0.2) is 13.4 Å². The van der Waals surface area contributed by atoms with Crippen molar-refractivity contribution in [2.75, 3.05) is 18.4 Å².